The lowest BCUT2D eigenvalue weighted by Gasteiger charge is -2.34. The minimum atomic E-state index is -1.03. The van der Waals surface area contributed by atoms with Gasteiger partial charge in [-0.05, 0) is 56.2 Å². The zero-order chi connectivity index (χ0) is 27.3. The maximum Gasteiger partial charge on any atom is 0.247 e. The van der Waals surface area contributed by atoms with Gasteiger partial charge >= 0.3 is 0 Å². The molecule has 1 atom stereocenters. The molecule has 0 aliphatic heterocycles. The third kappa shape index (κ3) is 5.99. The molecule has 9 heteroatoms. The van der Waals surface area contributed by atoms with Crippen LogP contribution in [0.4, 0.5) is 4.39 Å². The number of ether oxygens (including phenoxy) is 1. The van der Waals surface area contributed by atoms with E-state index in [9.17, 15) is 14.0 Å². The Morgan fingerprint density at radius 1 is 1.05 bits per heavy atom. The van der Waals surface area contributed by atoms with Gasteiger partial charge in [-0.15, -0.1) is 5.10 Å². The molecule has 1 N–H and O–H groups in total. The van der Waals surface area contributed by atoms with Gasteiger partial charge in [0.05, 0.1) is 12.6 Å². The Morgan fingerprint density at radius 3 is 2.42 bits per heavy atom. The van der Waals surface area contributed by atoms with Crippen LogP contribution >= 0.6 is 0 Å². The van der Waals surface area contributed by atoms with Crippen LogP contribution in [0.3, 0.4) is 0 Å². The Balaban J connectivity index is 1.78. The van der Waals surface area contributed by atoms with E-state index >= 15 is 0 Å². The smallest absolute Gasteiger partial charge is 0.247 e. The fourth-order valence-electron chi connectivity index (χ4n) is 4.14. The maximum atomic E-state index is 14.8. The minimum absolute atomic E-state index is 0.116. The molecule has 1 unspecified atom stereocenters. The van der Waals surface area contributed by atoms with E-state index in [1.165, 1.54) is 15.6 Å². The molecule has 0 radical (unpaired) electrons. The van der Waals surface area contributed by atoms with Gasteiger partial charge in [0, 0.05) is 17.6 Å². The molecule has 0 fully saturated rings. The number of halogens is 1. The number of methoxy groups -OCH3 is 1. The largest absolute Gasteiger partial charge is 0.497 e. The normalized spacial score (nSPS) is 12.2. The van der Waals surface area contributed by atoms with Crippen LogP contribution in [-0.4, -0.2) is 44.4 Å². The molecule has 4 rings (SSSR count). The zero-order valence-electron chi connectivity index (χ0n) is 22.0. The van der Waals surface area contributed by atoms with E-state index in [-0.39, 0.29) is 19.0 Å². The molecule has 4 aromatic rings. The number of fused-ring (bicyclic) bond motifs is 1. The standard InChI is InChI=1S/C29H32FN5O3/c1-5-29(2,3)31-28(37)27(20-14-16-22(38-4)17-15-20)34(18-21-10-6-7-11-23(21)30)26(36)19-35-25-13-9-8-12-24(25)32-33-35/h6-17,27H,5,18-19H2,1-4H3,(H,31,37). The van der Waals surface area contributed by atoms with Gasteiger partial charge < -0.3 is 15.0 Å². The highest BCUT2D eigenvalue weighted by molar-refractivity contribution is 5.89. The van der Waals surface area contributed by atoms with Crippen LogP contribution in [0, 0.1) is 5.82 Å². The fraction of sp³-hybridized carbons (Fsp3) is 0.310. The average Bonchev–Trinajstić information content (AvgIpc) is 3.32. The van der Waals surface area contributed by atoms with Gasteiger partial charge in [0.25, 0.3) is 0 Å². The summed E-state index contributed by atoms with van der Waals surface area (Å²) >= 11 is 0. The summed E-state index contributed by atoms with van der Waals surface area (Å²) in [7, 11) is 1.55. The molecule has 0 aliphatic rings. The SMILES string of the molecule is CCC(C)(C)NC(=O)C(c1ccc(OC)cc1)N(Cc1ccccc1F)C(=O)Cn1nnc2ccccc21. The molecule has 198 valence electrons. The van der Waals surface area contributed by atoms with E-state index in [4.69, 9.17) is 4.74 Å². The van der Waals surface area contributed by atoms with E-state index in [0.717, 1.165) is 0 Å². The lowest BCUT2D eigenvalue weighted by Crippen LogP contribution is -2.50. The van der Waals surface area contributed by atoms with E-state index < -0.39 is 23.3 Å². The molecule has 2 amide bonds. The molecule has 0 saturated carbocycles. The number of aromatic nitrogens is 3. The number of para-hydroxylation sites is 1. The quantitative estimate of drug-likeness (QED) is 0.331. The van der Waals surface area contributed by atoms with Gasteiger partial charge in [0.2, 0.25) is 11.8 Å². The Morgan fingerprint density at radius 2 is 1.74 bits per heavy atom. The molecule has 38 heavy (non-hydrogen) atoms. The third-order valence-corrected chi connectivity index (χ3v) is 6.66. The molecular formula is C29H32FN5O3. The topological polar surface area (TPSA) is 89.4 Å². The fourth-order valence-corrected chi connectivity index (χ4v) is 4.14. The molecule has 0 bridgehead atoms. The van der Waals surface area contributed by atoms with Crippen LogP contribution in [0.1, 0.15) is 44.4 Å². The molecule has 0 spiro atoms. The first-order chi connectivity index (χ1) is 18.2. The highest BCUT2D eigenvalue weighted by Crippen LogP contribution is 2.28. The summed E-state index contributed by atoms with van der Waals surface area (Å²) in [5.74, 6) is -0.619. The van der Waals surface area contributed by atoms with Gasteiger partial charge in [-0.3, -0.25) is 9.59 Å². The highest BCUT2D eigenvalue weighted by Gasteiger charge is 2.34. The molecular weight excluding hydrogens is 485 g/mol. The van der Waals surface area contributed by atoms with Crippen molar-refractivity contribution in [3.05, 3.63) is 89.7 Å². The van der Waals surface area contributed by atoms with Crippen LogP contribution in [0.25, 0.3) is 11.0 Å². The predicted octanol–water partition coefficient (Wildman–Crippen LogP) is 4.65. The van der Waals surface area contributed by atoms with Gasteiger partial charge in [0.15, 0.2) is 0 Å². The number of carbonyl (C=O) groups excluding carboxylic acids is 2. The van der Waals surface area contributed by atoms with Crippen molar-refractivity contribution in [3.63, 3.8) is 0 Å². The van der Waals surface area contributed by atoms with E-state index in [2.05, 4.69) is 15.6 Å². The molecule has 3 aromatic carbocycles. The van der Waals surface area contributed by atoms with Gasteiger partial charge in [-0.1, -0.05) is 54.6 Å². The van der Waals surface area contributed by atoms with Gasteiger partial charge in [-0.25, -0.2) is 9.07 Å². The van der Waals surface area contributed by atoms with Crippen LogP contribution < -0.4 is 10.1 Å². The lowest BCUT2D eigenvalue weighted by molar-refractivity contribution is -0.143. The number of hydrogen-bond donors (Lipinski definition) is 1. The van der Waals surface area contributed by atoms with Crippen molar-refractivity contribution in [2.45, 2.75) is 51.9 Å². The van der Waals surface area contributed by atoms with Crippen molar-refractivity contribution >= 4 is 22.8 Å². The van der Waals surface area contributed by atoms with Gasteiger partial charge in [-0.2, -0.15) is 0 Å². The van der Waals surface area contributed by atoms with Crippen molar-refractivity contribution < 1.29 is 18.7 Å². The highest BCUT2D eigenvalue weighted by atomic mass is 19.1. The van der Waals surface area contributed by atoms with Crippen LogP contribution in [-0.2, 0) is 22.7 Å². The Labute approximate surface area is 221 Å². The second-order valence-electron chi connectivity index (χ2n) is 9.75. The number of hydrogen-bond acceptors (Lipinski definition) is 5. The average molecular weight is 518 g/mol. The monoisotopic (exact) mass is 517 g/mol. The van der Waals surface area contributed by atoms with Crippen molar-refractivity contribution in [1.82, 2.24) is 25.2 Å². The van der Waals surface area contributed by atoms with Crippen LogP contribution in [0.2, 0.25) is 0 Å². The van der Waals surface area contributed by atoms with Crippen LogP contribution in [0.15, 0.2) is 72.8 Å². The number of carbonyl (C=O) groups is 2. The minimum Gasteiger partial charge on any atom is -0.497 e. The summed E-state index contributed by atoms with van der Waals surface area (Å²) in [6.45, 7) is 5.52. The summed E-state index contributed by atoms with van der Waals surface area (Å²) in [5.41, 5.74) is 1.68. The van der Waals surface area contributed by atoms with E-state index in [0.29, 0.717) is 34.3 Å². The number of nitrogens with zero attached hydrogens (tertiary/aromatic N) is 4. The number of benzene rings is 3. The van der Waals surface area contributed by atoms with E-state index in [1.807, 2.05) is 39.0 Å². The molecule has 0 aliphatic carbocycles. The molecule has 1 aromatic heterocycles. The Kier molecular flexibility index (Phi) is 8.05. The molecule has 8 nitrogen and oxygen atoms in total. The Hall–Kier alpha value is -4.27. The summed E-state index contributed by atoms with van der Waals surface area (Å²) in [6, 6.07) is 19.5. The van der Waals surface area contributed by atoms with Crippen molar-refractivity contribution in [2.24, 2.45) is 0 Å². The number of amides is 2. The summed E-state index contributed by atoms with van der Waals surface area (Å²) < 4.78 is 21.6. The first-order valence-corrected chi connectivity index (χ1v) is 12.5. The molecule has 0 saturated heterocycles. The maximum absolute atomic E-state index is 14.8. The van der Waals surface area contributed by atoms with Crippen LogP contribution in [0.5, 0.6) is 5.75 Å². The van der Waals surface area contributed by atoms with Gasteiger partial charge in [0.1, 0.15) is 29.7 Å². The summed E-state index contributed by atoms with van der Waals surface area (Å²) in [5, 5.41) is 11.3. The van der Waals surface area contributed by atoms with Crippen molar-refractivity contribution in [2.75, 3.05) is 7.11 Å². The summed E-state index contributed by atoms with van der Waals surface area (Å²) in [6.07, 6.45) is 0.681. The van der Waals surface area contributed by atoms with Crippen molar-refractivity contribution in [1.29, 1.82) is 0 Å². The zero-order valence-corrected chi connectivity index (χ0v) is 22.0. The molecule has 1 heterocycles. The first-order valence-electron chi connectivity index (χ1n) is 12.5. The Bertz CT molecular complexity index is 1420. The second kappa shape index (κ2) is 11.4. The van der Waals surface area contributed by atoms with E-state index in [1.54, 1.807) is 55.6 Å². The van der Waals surface area contributed by atoms with Crippen molar-refractivity contribution in [3.8, 4) is 5.75 Å². The number of nitrogens with one attached hydrogen (secondary N) is 1. The predicted molar refractivity (Wildman–Crippen MR) is 143 cm³/mol. The summed E-state index contributed by atoms with van der Waals surface area (Å²) in [4.78, 5) is 29.2. The number of rotatable bonds is 10. The third-order valence-electron chi connectivity index (χ3n) is 6.66. The lowest BCUT2D eigenvalue weighted by atomic mass is 9.98. The first kappa shape index (κ1) is 26.8. The second-order valence-corrected chi connectivity index (χ2v) is 9.75.